The van der Waals surface area contributed by atoms with Crippen LogP contribution >= 0.6 is 0 Å². The summed E-state index contributed by atoms with van der Waals surface area (Å²) in [7, 11) is 0. The summed E-state index contributed by atoms with van der Waals surface area (Å²) in [4.78, 5) is 21.2. The molecule has 9 rings (SSSR count). The molecule has 0 atom stereocenters. The van der Waals surface area contributed by atoms with E-state index in [1.807, 2.05) is 36.4 Å². The van der Waals surface area contributed by atoms with Gasteiger partial charge in [0.1, 0.15) is 0 Å². The third-order valence-electron chi connectivity index (χ3n) is 9.08. The Labute approximate surface area is 306 Å². The molecule has 0 radical (unpaired) electrons. The number of nitrogens with zero attached hydrogens (tertiary/aromatic N) is 4. The maximum atomic E-state index is 5.31. The van der Waals surface area contributed by atoms with E-state index in [0.717, 1.165) is 89.4 Å². The Kier molecular flexibility index (Phi) is 8.72. The quantitative estimate of drug-likeness (QED) is 0.168. The fourth-order valence-electron chi connectivity index (χ4n) is 6.73. The van der Waals surface area contributed by atoms with Crippen molar-refractivity contribution in [2.75, 3.05) is 0 Å². The Morgan fingerprint density at radius 3 is 1.16 bits per heavy atom. The average molecular weight is 697 g/mol. The van der Waals surface area contributed by atoms with Gasteiger partial charge in [0, 0.05) is 0 Å². The van der Waals surface area contributed by atoms with E-state index in [-0.39, 0.29) is 16.5 Å². The number of fused-ring (bicyclic) bond motifs is 8. The molecule has 3 aromatic heterocycles. The zero-order chi connectivity index (χ0) is 33.3. The first kappa shape index (κ1) is 31.9. The first-order valence-corrected chi connectivity index (χ1v) is 16.7. The standard InChI is InChI=1S/C46H30N4.Ni/c1-5-13-31(14-6-1)21-22-35-36-23-25-38(47-36)44(32-15-7-2-8-16-32)40-27-29-42(49-40)46(34-19-11-4-12-20-34)43-30-28-41(50-43)45(33-17-9-3-10-18-33)39-26-24-37(35)48-39;/h1-30H;/q-2;+2/b22-21+,36-35?,37-35?,44-38?,44-40?,45-39?,45-41?,46-42?,46-43?;. The van der Waals surface area contributed by atoms with Crippen LogP contribution in [0.3, 0.4) is 0 Å². The molecule has 7 aromatic rings. The molecule has 0 amide bonds. The van der Waals surface area contributed by atoms with Gasteiger partial charge in [0.15, 0.2) is 0 Å². The van der Waals surface area contributed by atoms with Crippen LogP contribution in [0.2, 0.25) is 0 Å². The molecular weight excluding hydrogens is 667 g/mol. The molecule has 4 aromatic carbocycles. The normalized spacial score (nSPS) is 11.9. The number of benzene rings is 4. The Hall–Kier alpha value is -6.29. The summed E-state index contributed by atoms with van der Waals surface area (Å²) < 4.78 is 0. The smallest absolute Gasteiger partial charge is 0.657 e. The molecule has 244 valence electrons. The van der Waals surface area contributed by atoms with Crippen LogP contribution in [0.15, 0.2) is 146 Å². The van der Waals surface area contributed by atoms with Crippen LogP contribution in [0.4, 0.5) is 0 Å². The van der Waals surface area contributed by atoms with Gasteiger partial charge >= 0.3 is 16.5 Å². The van der Waals surface area contributed by atoms with Gasteiger partial charge in [-0.25, -0.2) is 9.97 Å². The van der Waals surface area contributed by atoms with Gasteiger partial charge in [-0.15, -0.1) is 22.1 Å². The Morgan fingerprint density at radius 1 is 0.353 bits per heavy atom. The minimum absolute atomic E-state index is 0. The van der Waals surface area contributed by atoms with Crippen LogP contribution in [0.1, 0.15) is 33.9 Å². The van der Waals surface area contributed by atoms with Crippen molar-refractivity contribution in [3.63, 3.8) is 0 Å². The van der Waals surface area contributed by atoms with E-state index in [2.05, 4.69) is 146 Å². The van der Waals surface area contributed by atoms with Crippen LogP contribution in [0, 0.1) is 0 Å². The van der Waals surface area contributed by atoms with Crippen molar-refractivity contribution in [2.24, 2.45) is 0 Å². The molecule has 5 heteroatoms. The monoisotopic (exact) mass is 696 g/mol. The molecule has 51 heavy (non-hydrogen) atoms. The predicted molar refractivity (Wildman–Crippen MR) is 208 cm³/mol. The zero-order valence-corrected chi connectivity index (χ0v) is 28.4. The molecule has 2 aliphatic heterocycles. The number of rotatable bonds is 5. The molecule has 4 nitrogen and oxygen atoms in total. The van der Waals surface area contributed by atoms with Gasteiger partial charge in [-0.3, -0.25) is 0 Å². The fraction of sp³-hybridized carbons (Fsp3) is 0. The van der Waals surface area contributed by atoms with Crippen LogP contribution in [-0.2, 0) is 16.5 Å². The first-order chi connectivity index (χ1) is 24.8. The van der Waals surface area contributed by atoms with E-state index >= 15 is 0 Å². The molecule has 0 N–H and O–H groups in total. The SMILES string of the molecule is C1=Cc2nc1c(/C=C/c1ccccc1)c1ccc([n-]1)c(-c1ccccc1)c1nc(c(-c3ccccc3)c3ccc([n-]3)c2-c2ccccc2)C=C1.[Ni+2]. The van der Waals surface area contributed by atoms with Gasteiger partial charge in [-0.1, -0.05) is 158 Å². The van der Waals surface area contributed by atoms with Crippen molar-refractivity contribution in [1.29, 1.82) is 0 Å². The van der Waals surface area contributed by atoms with Gasteiger partial charge in [0.05, 0.1) is 22.8 Å². The van der Waals surface area contributed by atoms with Gasteiger partial charge in [-0.2, -0.15) is 0 Å². The largest absolute Gasteiger partial charge is 2.00 e. The number of aromatic nitrogens is 4. The van der Waals surface area contributed by atoms with E-state index in [4.69, 9.17) is 19.9 Å². The summed E-state index contributed by atoms with van der Waals surface area (Å²) >= 11 is 0. The third-order valence-corrected chi connectivity index (χ3v) is 9.08. The molecule has 0 saturated carbocycles. The van der Waals surface area contributed by atoms with Crippen molar-refractivity contribution in [2.45, 2.75) is 0 Å². The minimum atomic E-state index is 0. The number of hydrogen-bond donors (Lipinski definition) is 0. The summed E-state index contributed by atoms with van der Waals surface area (Å²) in [6.07, 6.45) is 12.6. The van der Waals surface area contributed by atoms with Crippen LogP contribution in [-0.4, -0.2) is 9.97 Å². The second-order valence-corrected chi connectivity index (χ2v) is 12.2. The molecular formula is C46H30N4Ni. The average Bonchev–Trinajstić information content (AvgIpc) is 4.01. The Morgan fingerprint density at radius 2 is 0.706 bits per heavy atom. The van der Waals surface area contributed by atoms with E-state index in [1.165, 1.54) is 0 Å². The van der Waals surface area contributed by atoms with Crippen molar-refractivity contribution < 1.29 is 16.5 Å². The molecule has 0 fully saturated rings. The van der Waals surface area contributed by atoms with Crippen molar-refractivity contribution >= 4 is 58.5 Å². The fourth-order valence-corrected chi connectivity index (χ4v) is 6.73. The van der Waals surface area contributed by atoms with E-state index in [0.29, 0.717) is 0 Å². The molecule has 0 aliphatic carbocycles. The summed E-state index contributed by atoms with van der Waals surface area (Å²) in [6.45, 7) is 0. The van der Waals surface area contributed by atoms with E-state index in [9.17, 15) is 0 Å². The molecule has 0 saturated heterocycles. The molecule has 0 spiro atoms. The maximum absolute atomic E-state index is 5.31. The molecule has 5 heterocycles. The van der Waals surface area contributed by atoms with Crippen LogP contribution in [0.25, 0.3) is 91.9 Å². The Balaban J connectivity index is 0.00000374. The summed E-state index contributed by atoms with van der Waals surface area (Å²) in [5.41, 5.74) is 14.9. The minimum Gasteiger partial charge on any atom is -0.657 e. The summed E-state index contributed by atoms with van der Waals surface area (Å²) in [5, 5.41) is 0. The number of hydrogen-bond acceptors (Lipinski definition) is 2. The summed E-state index contributed by atoms with van der Waals surface area (Å²) in [6, 6.07) is 49.9. The van der Waals surface area contributed by atoms with Crippen LogP contribution in [0.5, 0.6) is 0 Å². The molecule has 8 bridgehead atoms. The van der Waals surface area contributed by atoms with Gasteiger partial charge in [0.25, 0.3) is 0 Å². The van der Waals surface area contributed by atoms with Crippen molar-refractivity contribution in [3.05, 3.63) is 179 Å². The van der Waals surface area contributed by atoms with Crippen molar-refractivity contribution in [1.82, 2.24) is 19.9 Å². The van der Waals surface area contributed by atoms with Gasteiger partial charge in [0.2, 0.25) is 0 Å². The van der Waals surface area contributed by atoms with E-state index in [1.54, 1.807) is 0 Å². The van der Waals surface area contributed by atoms with Crippen LogP contribution < -0.4 is 9.97 Å². The predicted octanol–water partition coefficient (Wildman–Crippen LogP) is 11.1. The van der Waals surface area contributed by atoms with E-state index < -0.39 is 0 Å². The van der Waals surface area contributed by atoms with Gasteiger partial charge in [-0.05, 0) is 68.8 Å². The summed E-state index contributed by atoms with van der Waals surface area (Å²) in [5.74, 6) is 0. The third kappa shape index (κ3) is 6.21. The molecule has 2 aliphatic rings. The zero-order valence-electron chi connectivity index (χ0n) is 27.4. The molecule has 0 unspecified atom stereocenters. The maximum Gasteiger partial charge on any atom is 2.00 e. The second kappa shape index (κ2) is 13.9. The topological polar surface area (TPSA) is 54.0 Å². The first-order valence-electron chi connectivity index (χ1n) is 16.7. The van der Waals surface area contributed by atoms with Gasteiger partial charge < -0.3 is 9.97 Å². The second-order valence-electron chi connectivity index (χ2n) is 12.2. The Bertz CT molecular complexity index is 2580. The van der Waals surface area contributed by atoms with Crippen molar-refractivity contribution in [3.8, 4) is 33.4 Å².